The summed E-state index contributed by atoms with van der Waals surface area (Å²) >= 11 is 0. The number of nitrogens with zero attached hydrogens (tertiary/aromatic N) is 5. The van der Waals surface area contributed by atoms with Gasteiger partial charge in [0.1, 0.15) is 0 Å². The predicted octanol–water partition coefficient (Wildman–Crippen LogP) is 2.19. The Hall–Kier alpha value is -2.89. The van der Waals surface area contributed by atoms with Gasteiger partial charge in [-0.15, -0.1) is 0 Å². The lowest BCUT2D eigenvalue weighted by Gasteiger charge is -2.13. The first kappa shape index (κ1) is 14.1. The number of carbonyl (C=O) groups is 1. The molecule has 0 aliphatic heterocycles. The third kappa shape index (κ3) is 2.50. The predicted molar refractivity (Wildman–Crippen MR) is 84.2 cm³/mol. The first-order chi connectivity index (χ1) is 10.6. The molecule has 0 atom stereocenters. The van der Waals surface area contributed by atoms with Crippen molar-refractivity contribution in [1.29, 1.82) is 0 Å². The monoisotopic (exact) mass is 295 g/mol. The van der Waals surface area contributed by atoms with Crippen LogP contribution in [0.25, 0.3) is 5.69 Å². The molecule has 1 amide bonds. The summed E-state index contributed by atoms with van der Waals surface area (Å²) in [5.41, 5.74) is 2.95. The summed E-state index contributed by atoms with van der Waals surface area (Å²) in [6.45, 7) is 1.84. The fraction of sp³-hybridized carbons (Fsp3) is 0.188. The van der Waals surface area contributed by atoms with E-state index in [1.165, 1.54) is 0 Å². The molecule has 2 heterocycles. The lowest BCUT2D eigenvalue weighted by molar-refractivity contribution is 0.0992. The first-order valence-corrected chi connectivity index (χ1v) is 6.94. The highest BCUT2D eigenvalue weighted by Crippen LogP contribution is 2.17. The van der Waals surface area contributed by atoms with Crippen LogP contribution in [0.1, 0.15) is 16.1 Å². The van der Waals surface area contributed by atoms with Crippen LogP contribution in [0.3, 0.4) is 0 Å². The van der Waals surface area contributed by atoms with Gasteiger partial charge in [0.15, 0.2) is 0 Å². The van der Waals surface area contributed by atoms with Crippen molar-refractivity contribution in [3.05, 3.63) is 60.2 Å². The Morgan fingerprint density at radius 2 is 1.91 bits per heavy atom. The molecule has 22 heavy (non-hydrogen) atoms. The van der Waals surface area contributed by atoms with Crippen molar-refractivity contribution in [3.63, 3.8) is 0 Å². The summed E-state index contributed by atoms with van der Waals surface area (Å²) in [5.74, 6) is -0.104. The standard InChI is InChI=1S/C16H17N5O/c1-12-15(11-21(18-12)13-7-5-4-6-8-13)16(22)20(3)14-9-17-19(2)10-14/h4-11H,1-3H3. The van der Waals surface area contributed by atoms with Crippen LogP contribution in [-0.2, 0) is 7.05 Å². The molecule has 0 aliphatic carbocycles. The van der Waals surface area contributed by atoms with Gasteiger partial charge in [-0.2, -0.15) is 10.2 Å². The van der Waals surface area contributed by atoms with Crippen molar-refractivity contribution in [3.8, 4) is 5.69 Å². The minimum Gasteiger partial charge on any atom is -0.308 e. The van der Waals surface area contributed by atoms with Crippen molar-refractivity contribution in [2.24, 2.45) is 7.05 Å². The van der Waals surface area contributed by atoms with Crippen molar-refractivity contribution in [1.82, 2.24) is 19.6 Å². The van der Waals surface area contributed by atoms with Gasteiger partial charge in [0.05, 0.1) is 28.8 Å². The molecule has 0 fully saturated rings. The van der Waals surface area contributed by atoms with E-state index >= 15 is 0 Å². The van der Waals surface area contributed by atoms with Gasteiger partial charge < -0.3 is 4.90 Å². The lowest BCUT2D eigenvalue weighted by atomic mass is 10.2. The van der Waals surface area contributed by atoms with Crippen LogP contribution in [0.2, 0.25) is 0 Å². The van der Waals surface area contributed by atoms with Crippen molar-refractivity contribution in [2.75, 3.05) is 11.9 Å². The zero-order valence-corrected chi connectivity index (χ0v) is 12.8. The topological polar surface area (TPSA) is 56.0 Å². The number of anilines is 1. The van der Waals surface area contributed by atoms with E-state index in [1.54, 1.807) is 39.9 Å². The van der Waals surface area contributed by atoms with E-state index in [2.05, 4.69) is 10.2 Å². The van der Waals surface area contributed by atoms with Crippen LogP contribution in [-0.4, -0.2) is 32.5 Å². The number of benzene rings is 1. The van der Waals surface area contributed by atoms with Gasteiger partial charge >= 0.3 is 0 Å². The van der Waals surface area contributed by atoms with Crippen molar-refractivity contribution < 1.29 is 4.79 Å². The number of aryl methyl sites for hydroxylation is 2. The van der Waals surface area contributed by atoms with E-state index in [4.69, 9.17) is 0 Å². The molecule has 0 N–H and O–H groups in total. The second-order valence-electron chi connectivity index (χ2n) is 5.14. The number of amides is 1. The molecule has 0 saturated carbocycles. The number of carbonyl (C=O) groups excluding carboxylic acids is 1. The minimum atomic E-state index is -0.104. The fourth-order valence-corrected chi connectivity index (χ4v) is 2.26. The second-order valence-corrected chi connectivity index (χ2v) is 5.14. The normalized spacial score (nSPS) is 10.7. The zero-order chi connectivity index (χ0) is 15.7. The van der Waals surface area contributed by atoms with Crippen LogP contribution < -0.4 is 4.90 Å². The smallest absolute Gasteiger partial charge is 0.261 e. The minimum absolute atomic E-state index is 0.104. The maximum Gasteiger partial charge on any atom is 0.261 e. The summed E-state index contributed by atoms with van der Waals surface area (Å²) < 4.78 is 3.39. The van der Waals surface area contributed by atoms with Crippen LogP contribution in [0.5, 0.6) is 0 Å². The Morgan fingerprint density at radius 1 is 1.18 bits per heavy atom. The quantitative estimate of drug-likeness (QED) is 0.744. The number of rotatable bonds is 3. The molecule has 3 aromatic rings. The molecule has 0 spiro atoms. The van der Waals surface area contributed by atoms with Gasteiger partial charge in [-0.05, 0) is 19.1 Å². The summed E-state index contributed by atoms with van der Waals surface area (Å²) in [7, 11) is 3.55. The SMILES string of the molecule is Cc1nn(-c2ccccc2)cc1C(=O)N(C)c1cnn(C)c1. The van der Waals surface area contributed by atoms with E-state index in [0.717, 1.165) is 11.4 Å². The van der Waals surface area contributed by atoms with Gasteiger partial charge in [0.2, 0.25) is 0 Å². The van der Waals surface area contributed by atoms with Crippen LogP contribution in [0.15, 0.2) is 48.9 Å². The molecule has 0 bridgehead atoms. The van der Waals surface area contributed by atoms with Crippen molar-refractivity contribution in [2.45, 2.75) is 6.92 Å². The maximum atomic E-state index is 12.7. The molecule has 3 rings (SSSR count). The van der Waals surface area contributed by atoms with E-state index in [9.17, 15) is 4.79 Å². The molecule has 0 radical (unpaired) electrons. The Kier molecular flexibility index (Phi) is 3.50. The van der Waals surface area contributed by atoms with Crippen LogP contribution in [0.4, 0.5) is 5.69 Å². The van der Waals surface area contributed by atoms with Gasteiger partial charge in [-0.1, -0.05) is 18.2 Å². The summed E-state index contributed by atoms with van der Waals surface area (Å²) in [6, 6.07) is 9.73. The molecule has 1 aromatic carbocycles. The number of hydrogen-bond acceptors (Lipinski definition) is 3. The molecular weight excluding hydrogens is 278 g/mol. The van der Waals surface area contributed by atoms with Gasteiger partial charge in [-0.25, -0.2) is 4.68 Å². The van der Waals surface area contributed by atoms with E-state index < -0.39 is 0 Å². The number of para-hydroxylation sites is 1. The molecule has 0 aliphatic rings. The maximum absolute atomic E-state index is 12.7. The molecule has 0 unspecified atom stereocenters. The highest BCUT2D eigenvalue weighted by molar-refractivity contribution is 6.06. The van der Waals surface area contributed by atoms with Gasteiger partial charge in [0, 0.05) is 26.5 Å². The summed E-state index contributed by atoms with van der Waals surface area (Å²) in [4.78, 5) is 14.2. The highest BCUT2D eigenvalue weighted by Gasteiger charge is 2.19. The third-order valence-corrected chi connectivity index (χ3v) is 3.53. The average molecular weight is 295 g/mol. The Morgan fingerprint density at radius 3 is 2.55 bits per heavy atom. The van der Waals surface area contributed by atoms with Gasteiger partial charge in [-0.3, -0.25) is 9.48 Å². The largest absolute Gasteiger partial charge is 0.308 e. The van der Waals surface area contributed by atoms with E-state index in [-0.39, 0.29) is 5.91 Å². The second kappa shape index (κ2) is 5.48. The van der Waals surface area contributed by atoms with Crippen molar-refractivity contribution >= 4 is 11.6 Å². The van der Waals surface area contributed by atoms with Crippen LogP contribution >= 0.6 is 0 Å². The molecule has 0 saturated heterocycles. The number of aromatic nitrogens is 4. The Labute approximate surface area is 128 Å². The lowest BCUT2D eigenvalue weighted by Crippen LogP contribution is -2.26. The molecule has 2 aromatic heterocycles. The average Bonchev–Trinajstić information content (AvgIpc) is 3.13. The van der Waals surface area contributed by atoms with Gasteiger partial charge in [0.25, 0.3) is 5.91 Å². The molecule has 112 valence electrons. The summed E-state index contributed by atoms with van der Waals surface area (Å²) in [6.07, 6.45) is 5.23. The Balaban J connectivity index is 1.92. The summed E-state index contributed by atoms with van der Waals surface area (Å²) in [5, 5.41) is 8.52. The van der Waals surface area contributed by atoms with E-state index in [0.29, 0.717) is 11.3 Å². The number of hydrogen-bond donors (Lipinski definition) is 0. The third-order valence-electron chi connectivity index (χ3n) is 3.53. The Bertz CT molecular complexity index is 803. The van der Waals surface area contributed by atoms with E-state index in [1.807, 2.05) is 44.3 Å². The van der Waals surface area contributed by atoms with Crippen LogP contribution in [0, 0.1) is 6.92 Å². The fourth-order valence-electron chi connectivity index (χ4n) is 2.26. The molecule has 6 nitrogen and oxygen atoms in total. The molecule has 6 heteroatoms. The molecular formula is C16H17N5O. The highest BCUT2D eigenvalue weighted by atomic mass is 16.2. The zero-order valence-electron chi connectivity index (χ0n) is 12.8. The first-order valence-electron chi connectivity index (χ1n) is 6.94.